The summed E-state index contributed by atoms with van der Waals surface area (Å²) in [6.07, 6.45) is 8.37. The van der Waals surface area contributed by atoms with Crippen LogP contribution in [0.5, 0.6) is 0 Å². The maximum absolute atomic E-state index is 6.14. The molecule has 3 aliphatic rings. The first-order valence-corrected chi connectivity index (χ1v) is 14.3. The first-order chi connectivity index (χ1) is 18.0. The molecule has 0 radical (unpaired) electrons. The number of rotatable bonds is 7. The Balaban J connectivity index is 1.24. The van der Waals surface area contributed by atoms with Crippen LogP contribution >= 0.6 is 11.6 Å². The van der Waals surface area contributed by atoms with E-state index >= 15 is 0 Å². The monoisotopic (exact) mass is 521 g/mol. The first-order valence-electron chi connectivity index (χ1n) is 13.9. The molecule has 1 aromatic carbocycles. The summed E-state index contributed by atoms with van der Waals surface area (Å²) < 4.78 is 0. The molecule has 0 N–H and O–H groups in total. The van der Waals surface area contributed by atoms with Crippen molar-refractivity contribution in [3.05, 3.63) is 52.4 Å². The number of amidine groups is 1. The van der Waals surface area contributed by atoms with Crippen molar-refractivity contribution in [1.82, 2.24) is 19.8 Å². The third-order valence-corrected chi connectivity index (χ3v) is 8.62. The van der Waals surface area contributed by atoms with Crippen molar-refractivity contribution in [3.8, 4) is 0 Å². The van der Waals surface area contributed by atoms with E-state index in [9.17, 15) is 0 Å². The molecule has 5 rings (SSSR count). The van der Waals surface area contributed by atoms with Gasteiger partial charge in [-0.15, -0.1) is 0 Å². The molecule has 7 nitrogen and oxygen atoms in total. The van der Waals surface area contributed by atoms with E-state index in [1.807, 2.05) is 24.5 Å². The number of benzene rings is 1. The molecule has 3 atom stereocenters. The van der Waals surface area contributed by atoms with E-state index in [1.54, 1.807) is 0 Å². The fourth-order valence-corrected chi connectivity index (χ4v) is 6.52. The molecule has 1 aromatic heterocycles. The van der Waals surface area contributed by atoms with Crippen molar-refractivity contribution >= 4 is 29.5 Å². The van der Waals surface area contributed by atoms with E-state index in [4.69, 9.17) is 21.6 Å². The van der Waals surface area contributed by atoms with Gasteiger partial charge in [0.2, 0.25) is 0 Å². The second-order valence-electron chi connectivity index (χ2n) is 10.6. The lowest BCUT2D eigenvalue weighted by Crippen LogP contribution is -2.61. The zero-order valence-corrected chi connectivity index (χ0v) is 23.4. The lowest BCUT2D eigenvalue weighted by atomic mass is 9.94. The molecule has 0 amide bonds. The standard InChI is InChI=1S/C29H40ClN7/c1-5-24-19-36(29-21(4)34-26(17-33-29)28-31-13-14-32-28)20(3)18-37(24)25-11-15-35(16-12-25)27(6-2)22-7-9-23(30)10-8-22/h7-10,13,17,20,24-25,27H,5-6,11-12,14-16,18-19H2,1-4H3/t20-,24+,27+/m1/s1. The van der Waals surface area contributed by atoms with Crippen LogP contribution in [0, 0.1) is 6.92 Å². The summed E-state index contributed by atoms with van der Waals surface area (Å²) in [4.78, 5) is 26.3. The zero-order chi connectivity index (χ0) is 25.9. The molecule has 0 aliphatic carbocycles. The molecule has 198 valence electrons. The Morgan fingerprint density at radius 1 is 1.08 bits per heavy atom. The Morgan fingerprint density at radius 3 is 2.46 bits per heavy atom. The smallest absolute Gasteiger partial charge is 0.175 e. The molecule has 2 aromatic rings. The van der Waals surface area contributed by atoms with Gasteiger partial charge in [0, 0.05) is 61.6 Å². The Bertz CT molecular complexity index is 1120. The number of piperidine rings is 1. The van der Waals surface area contributed by atoms with Gasteiger partial charge in [-0.3, -0.25) is 14.8 Å². The Labute approximate surface area is 226 Å². The van der Waals surface area contributed by atoms with Gasteiger partial charge in [-0.1, -0.05) is 37.6 Å². The van der Waals surface area contributed by atoms with Crippen molar-refractivity contribution in [2.45, 2.75) is 77.5 Å². The van der Waals surface area contributed by atoms with Crippen LogP contribution in [0.2, 0.25) is 5.02 Å². The SMILES string of the molecule is CC[C@H]1CN(c2ncc(C3=NCC=N3)nc2C)[C@H](C)CN1C1CCN([C@@H](CC)c2ccc(Cl)cc2)CC1. The summed E-state index contributed by atoms with van der Waals surface area (Å²) in [5.74, 6) is 1.69. The Hall–Kier alpha value is -2.35. The van der Waals surface area contributed by atoms with Crippen LogP contribution in [0.4, 0.5) is 5.82 Å². The Morgan fingerprint density at radius 2 is 1.84 bits per heavy atom. The number of aliphatic imine (C=N–C) groups is 2. The van der Waals surface area contributed by atoms with Gasteiger partial charge in [-0.25, -0.2) is 15.0 Å². The Kier molecular flexibility index (Phi) is 8.22. The van der Waals surface area contributed by atoms with E-state index in [0.717, 1.165) is 61.2 Å². The number of likely N-dealkylation sites (tertiary alicyclic amines) is 1. The van der Waals surface area contributed by atoms with Gasteiger partial charge in [-0.2, -0.15) is 0 Å². The van der Waals surface area contributed by atoms with E-state index in [0.29, 0.717) is 36.5 Å². The van der Waals surface area contributed by atoms with Crippen molar-refractivity contribution in [1.29, 1.82) is 0 Å². The normalized spacial score (nSPS) is 24.5. The predicted molar refractivity (Wildman–Crippen MR) is 153 cm³/mol. The van der Waals surface area contributed by atoms with Gasteiger partial charge < -0.3 is 4.90 Å². The molecular formula is C29H40ClN7. The van der Waals surface area contributed by atoms with Crippen LogP contribution in [0.15, 0.2) is 40.4 Å². The molecular weight excluding hydrogens is 482 g/mol. The minimum atomic E-state index is 0.388. The van der Waals surface area contributed by atoms with Crippen molar-refractivity contribution in [3.63, 3.8) is 0 Å². The van der Waals surface area contributed by atoms with Crippen LogP contribution < -0.4 is 4.90 Å². The minimum Gasteiger partial charge on any atom is -0.350 e. The first kappa shape index (κ1) is 26.3. The lowest BCUT2D eigenvalue weighted by Gasteiger charge is -2.51. The predicted octanol–water partition coefficient (Wildman–Crippen LogP) is 5.17. The number of hydrogen-bond donors (Lipinski definition) is 0. The van der Waals surface area contributed by atoms with Gasteiger partial charge in [0.1, 0.15) is 11.5 Å². The van der Waals surface area contributed by atoms with Gasteiger partial charge in [0.15, 0.2) is 5.84 Å². The quantitative estimate of drug-likeness (QED) is 0.502. The number of piperazine rings is 1. The zero-order valence-electron chi connectivity index (χ0n) is 22.6. The van der Waals surface area contributed by atoms with Gasteiger partial charge in [0.25, 0.3) is 0 Å². The van der Waals surface area contributed by atoms with E-state index < -0.39 is 0 Å². The van der Waals surface area contributed by atoms with Crippen LogP contribution in [0.25, 0.3) is 0 Å². The molecule has 0 spiro atoms. The van der Waals surface area contributed by atoms with Crippen LogP contribution in [0.1, 0.15) is 69.4 Å². The topological polar surface area (TPSA) is 60.2 Å². The maximum atomic E-state index is 6.14. The van der Waals surface area contributed by atoms with Gasteiger partial charge >= 0.3 is 0 Å². The third kappa shape index (κ3) is 5.59. The average molecular weight is 522 g/mol. The second-order valence-corrected chi connectivity index (χ2v) is 11.1. The number of aryl methyl sites for hydroxylation is 1. The summed E-state index contributed by atoms with van der Waals surface area (Å²) >= 11 is 6.14. The molecule has 0 unspecified atom stereocenters. The van der Waals surface area contributed by atoms with Crippen LogP contribution in [0.3, 0.4) is 0 Å². The number of hydrogen-bond acceptors (Lipinski definition) is 7. The van der Waals surface area contributed by atoms with E-state index in [1.165, 1.54) is 18.4 Å². The summed E-state index contributed by atoms with van der Waals surface area (Å²) in [5, 5.41) is 0.811. The van der Waals surface area contributed by atoms with Crippen LogP contribution in [-0.2, 0) is 0 Å². The second kappa shape index (κ2) is 11.6. The van der Waals surface area contributed by atoms with Crippen molar-refractivity contribution < 1.29 is 0 Å². The highest BCUT2D eigenvalue weighted by molar-refractivity contribution is 6.30. The molecule has 8 heteroatoms. The summed E-state index contributed by atoms with van der Waals surface area (Å²) in [6, 6.07) is 10.5. The number of halogens is 1. The molecule has 3 aliphatic heterocycles. The summed E-state index contributed by atoms with van der Waals surface area (Å²) in [6.45, 7) is 14.0. The van der Waals surface area contributed by atoms with Crippen molar-refractivity contribution in [2.75, 3.05) is 37.6 Å². The third-order valence-electron chi connectivity index (χ3n) is 8.36. The van der Waals surface area contributed by atoms with E-state index in [2.05, 4.69) is 64.5 Å². The average Bonchev–Trinajstić information content (AvgIpc) is 3.46. The molecule has 4 heterocycles. The molecule has 0 saturated carbocycles. The number of nitrogens with zero attached hydrogens (tertiary/aromatic N) is 7. The lowest BCUT2D eigenvalue weighted by molar-refractivity contribution is 0.0393. The summed E-state index contributed by atoms with van der Waals surface area (Å²) in [7, 11) is 0. The highest BCUT2D eigenvalue weighted by atomic mass is 35.5. The molecule has 0 bridgehead atoms. The molecule has 2 fully saturated rings. The largest absolute Gasteiger partial charge is 0.350 e. The molecule has 2 saturated heterocycles. The summed E-state index contributed by atoms with van der Waals surface area (Å²) in [5.41, 5.74) is 3.11. The maximum Gasteiger partial charge on any atom is 0.175 e. The fourth-order valence-electron chi connectivity index (χ4n) is 6.40. The molecule has 37 heavy (non-hydrogen) atoms. The van der Waals surface area contributed by atoms with Crippen LogP contribution in [-0.4, -0.2) is 82.7 Å². The minimum absolute atomic E-state index is 0.388. The van der Waals surface area contributed by atoms with Crippen molar-refractivity contribution in [2.24, 2.45) is 9.98 Å². The highest BCUT2D eigenvalue weighted by Crippen LogP contribution is 2.33. The number of aromatic nitrogens is 2. The van der Waals surface area contributed by atoms with E-state index in [-0.39, 0.29) is 0 Å². The van der Waals surface area contributed by atoms with Gasteiger partial charge in [0.05, 0.1) is 18.4 Å². The number of anilines is 1. The van der Waals surface area contributed by atoms with Gasteiger partial charge in [-0.05, 0) is 57.2 Å². The highest BCUT2D eigenvalue weighted by Gasteiger charge is 2.38. The fraction of sp³-hybridized carbons (Fsp3) is 0.586.